The number of nitrogens with one attached hydrogen (secondary N) is 5. The number of amides is 8. The van der Waals surface area contributed by atoms with Gasteiger partial charge in [0, 0.05) is 34.0 Å². The zero-order valence-corrected chi connectivity index (χ0v) is 41.6. The van der Waals surface area contributed by atoms with Crippen LogP contribution >= 0.6 is 0 Å². The van der Waals surface area contributed by atoms with E-state index in [0.717, 1.165) is 25.8 Å². The summed E-state index contributed by atoms with van der Waals surface area (Å²) >= 11 is 0. The quantitative estimate of drug-likeness (QED) is 0.0756. The molecule has 390 valence electrons. The fourth-order valence-electron chi connectivity index (χ4n) is 7.73. The van der Waals surface area contributed by atoms with Crippen molar-refractivity contribution in [2.75, 3.05) is 47.3 Å². The van der Waals surface area contributed by atoms with Crippen LogP contribution in [0, 0.1) is 0 Å². The van der Waals surface area contributed by atoms with E-state index >= 15 is 0 Å². The molecule has 20 nitrogen and oxygen atoms in total. The van der Waals surface area contributed by atoms with Crippen molar-refractivity contribution in [2.24, 2.45) is 11.5 Å². The van der Waals surface area contributed by atoms with Gasteiger partial charge >= 0.3 is 0 Å². The first-order chi connectivity index (χ1) is 35.0. The van der Waals surface area contributed by atoms with Crippen LogP contribution in [0.3, 0.4) is 0 Å². The Kier molecular flexibility index (Phi) is 22.5. The number of benzene rings is 4. The van der Waals surface area contributed by atoms with Crippen molar-refractivity contribution in [2.45, 2.75) is 88.4 Å². The predicted molar refractivity (Wildman–Crippen MR) is 271 cm³/mol. The van der Waals surface area contributed by atoms with Crippen LogP contribution < -0.4 is 38.1 Å². The molecule has 2 unspecified atom stereocenters. The van der Waals surface area contributed by atoms with Gasteiger partial charge in [0.1, 0.15) is 36.6 Å². The normalized spacial score (nSPS) is 20.5. The van der Waals surface area contributed by atoms with Crippen molar-refractivity contribution >= 4 is 47.3 Å². The standard InChI is InChI=1S/C53H68N10O10/c1-61-31-47(65)57-41(25-27-45(55)73-35-39-22-14-7-15-23-39)51(69)59-40(24-26-44(54)72-34-38-20-12-6-13-21-38)50(68)56-30-46(64)58-42(28-36-16-8-4-9-17-36)52(70)60-43(29-37-18-10-5-11-19-37)53(71)63(3)33-49(67)62(2)32-48(61)66/h4-23,40-45H,24-35,54-55H2,1-3H3,(H,56,68)(H,57,65)(H,58,64)(H,59,69)(H,60,70)/t40-,41-,42-,43-,44?,45?/m0/s1. The van der Waals surface area contributed by atoms with E-state index in [1.165, 1.54) is 21.1 Å². The van der Waals surface area contributed by atoms with E-state index in [0.29, 0.717) is 11.1 Å². The predicted octanol–water partition coefficient (Wildman–Crippen LogP) is 0.480. The molecule has 8 amide bonds. The molecule has 73 heavy (non-hydrogen) atoms. The third-order valence-corrected chi connectivity index (χ3v) is 12.0. The van der Waals surface area contributed by atoms with Gasteiger partial charge in [0.2, 0.25) is 47.3 Å². The minimum Gasteiger partial charge on any atom is -0.359 e. The Labute approximate surface area is 425 Å². The van der Waals surface area contributed by atoms with Gasteiger partial charge in [-0.1, -0.05) is 121 Å². The molecule has 1 fully saturated rings. The highest BCUT2D eigenvalue weighted by atomic mass is 16.5. The summed E-state index contributed by atoms with van der Waals surface area (Å²) in [5, 5.41) is 13.4. The average molecular weight is 1010 g/mol. The Bertz CT molecular complexity index is 2440. The molecule has 0 radical (unpaired) electrons. The number of carbonyl (C=O) groups excluding carboxylic acids is 8. The Morgan fingerprint density at radius 1 is 0.466 bits per heavy atom. The highest BCUT2D eigenvalue weighted by Gasteiger charge is 2.32. The van der Waals surface area contributed by atoms with Gasteiger partial charge in [0.05, 0.1) is 39.4 Å². The molecule has 0 aromatic heterocycles. The number of carbonyl (C=O) groups is 8. The molecule has 1 heterocycles. The highest BCUT2D eigenvalue weighted by molar-refractivity contribution is 5.97. The molecule has 4 aromatic carbocycles. The molecule has 0 saturated carbocycles. The van der Waals surface area contributed by atoms with Crippen LogP contribution in [0.25, 0.3) is 0 Å². The van der Waals surface area contributed by atoms with Crippen molar-refractivity contribution in [1.82, 2.24) is 41.3 Å². The molecular weight excluding hydrogens is 937 g/mol. The first kappa shape index (κ1) is 56.4. The summed E-state index contributed by atoms with van der Waals surface area (Å²) in [5.41, 5.74) is 15.8. The summed E-state index contributed by atoms with van der Waals surface area (Å²) in [5.74, 6) is -5.66. The maximum absolute atomic E-state index is 14.3. The maximum Gasteiger partial charge on any atom is 0.245 e. The largest absolute Gasteiger partial charge is 0.359 e. The molecule has 1 aliphatic rings. The fraction of sp³-hybridized carbons (Fsp3) is 0.396. The zero-order valence-electron chi connectivity index (χ0n) is 41.6. The average Bonchev–Trinajstić information content (AvgIpc) is 3.39. The van der Waals surface area contributed by atoms with E-state index in [9.17, 15) is 38.4 Å². The summed E-state index contributed by atoms with van der Waals surface area (Å²) in [6, 6.07) is 31.2. The monoisotopic (exact) mass is 1000 g/mol. The molecule has 0 spiro atoms. The van der Waals surface area contributed by atoms with Crippen LogP contribution in [0.5, 0.6) is 0 Å². The zero-order chi connectivity index (χ0) is 52.7. The second kappa shape index (κ2) is 29.1. The van der Waals surface area contributed by atoms with E-state index in [1.807, 2.05) is 60.7 Å². The summed E-state index contributed by atoms with van der Waals surface area (Å²) in [6.07, 6.45) is -1.75. The number of ether oxygens (including phenoxy) is 2. The first-order valence-corrected chi connectivity index (χ1v) is 24.1. The van der Waals surface area contributed by atoms with E-state index < -0.39 is 110 Å². The summed E-state index contributed by atoms with van der Waals surface area (Å²) in [4.78, 5) is 115. The van der Waals surface area contributed by atoms with Gasteiger partial charge in [-0.15, -0.1) is 0 Å². The van der Waals surface area contributed by atoms with Crippen LogP contribution in [0.2, 0.25) is 0 Å². The topological polar surface area (TPSA) is 277 Å². The van der Waals surface area contributed by atoms with E-state index in [2.05, 4.69) is 26.6 Å². The third-order valence-electron chi connectivity index (χ3n) is 12.0. The second-order valence-corrected chi connectivity index (χ2v) is 18.0. The molecule has 9 N–H and O–H groups in total. The number of nitrogens with two attached hydrogens (primary N) is 2. The smallest absolute Gasteiger partial charge is 0.245 e. The van der Waals surface area contributed by atoms with Crippen LogP contribution in [-0.4, -0.2) is 146 Å². The maximum atomic E-state index is 14.3. The van der Waals surface area contributed by atoms with Crippen molar-refractivity contribution in [1.29, 1.82) is 0 Å². The lowest BCUT2D eigenvalue weighted by atomic mass is 10.0. The van der Waals surface area contributed by atoms with E-state index in [1.54, 1.807) is 60.7 Å². The van der Waals surface area contributed by atoms with Gasteiger partial charge < -0.3 is 62.2 Å². The fourth-order valence-corrected chi connectivity index (χ4v) is 7.73. The van der Waals surface area contributed by atoms with Crippen LogP contribution in [0.4, 0.5) is 0 Å². The molecule has 6 atom stereocenters. The second-order valence-electron chi connectivity index (χ2n) is 18.0. The Balaban J connectivity index is 1.43. The van der Waals surface area contributed by atoms with Gasteiger partial charge in [-0.2, -0.15) is 0 Å². The number of hydrogen-bond acceptors (Lipinski definition) is 12. The lowest BCUT2D eigenvalue weighted by Gasteiger charge is -2.29. The molecule has 1 aliphatic heterocycles. The number of hydrogen-bond donors (Lipinski definition) is 7. The molecule has 0 bridgehead atoms. The van der Waals surface area contributed by atoms with Crippen LogP contribution in [0.1, 0.15) is 47.9 Å². The van der Waals surface area contributed by atoms with Crippen LogP contribution in [-0.2, 0) is 73.9 Å². The van der Waals surface area contributed by atoms with E-state index in [4.69, 9.17) is 20.9 Å². The lowest BCUT2D eigenvalue weighted by Crippen LogP contribution is -2.58. The molecule has 0 aliphatic carbocycles. The molecule has 1 saturated heterocycles. The minimum atomic E-state index is -1.33. The highest BCUT2D eigenvalue weighted by Crippen LogP contribution is 2.13. The molecular formula is C53H68N10O10. The Morgan fingerprint density at radius 2 is 0.849 bits per heavy atom. The Morgan fingerprint density at radius 3 is 1.34 bits per heavy atom. The minimum absolute atomic E-state index is 0.00614. The van der Waals surface area contributed by atoms with E-state index in [-0.39, 0.29) is 51.7 Å². The van der Waals surface area contributed by atoms with Gasteiger partial charge in [0.25, 0.3) is 0 Å². The van der Waals surface area contributed by atoms with Crippen molar-refractivity contribution in [3.05, 3.63) is 144 Å². The SMILES string of the molecule is CN1CC(=O)N[C@@H](CCC(N)OCc2ccccc2)C(=O)N[C@@H](CCC(N)OCc2ccccc2)C(=O)NCC(=O)N[C@@H](Cc2ccccc2)C(=O)N[C@@H](Cc2ccccc2)C(=O)N(C)CC(=O)N(C)CC1=O. The van der Waals surface area contributed by atoms with Crippen LogP contribution in [0.15, 0.2) is 121 Å². The summed E-state index contributed by atoms with van der Waals surface area (Å²) in [7, 11) is 4.11. The first-order valence-electron chi connectivity index (χ1n) is 24.1. The van der Waals surface area contributed by atoms with Crippen molar-refractivity contribution in [3.8, 4) is 0 Å². The summed E-state index contributed by atoms with van der Waals surface area (Å²) < 4.78 is 11.7. The number of rotatable bonds is 16. The molecule has 4 aromatic rings. The van der Waals surface area contributed by atoms with Gasteiger partial charge in [-0.05, 0) is 47.9 Å². The van der Waals surface area contributed by atoms with Gasteiger partial charge in [-0.3, -0.25) is 38.4 Å². The molecule has 20 heteroatoms. The molecule has 5 rings (SSSR count). The number of likely N-dealkylation sites (N-methyl/N-ethyl adjacent to an activating group) is 3. The Hall–Kier alpha value is -7.52. The van der Waals surface area contributed by atoms with Crippen molar-refractivity contribution in [3.63, 3.8) is 0 Å². The van der Waals surface area contributed by atoms with Gasteiger partial charge in [0.15, 0.2) is 0 Å². The van der Waals surface area contributed by atoms with Crippen molar-refractivity contribution < 1.29 is 47.8 Å². The van der Waals surface area contributed by atoms with Gasteiger partial charge in [-0.25, -0.2) is 0 Å². The lowest BCUT2D eigenvalue weighted by molar-refractivity contribution is -0.144. The third kappa shape index (κ3) is 19.5. The number of nitrogens with zero attached hydrogens (tertiary/aromatic N) is 3. The summed E-state index contributed by atoms with van der Waals surface area (Å²) in [6.45, 7) is -1.76.